The molecule has 84 valence electrons. The van der Waals surface area contributed by atoms with Crippen LogP contribution < -0.4 is 5.32 Å². The molecule has 1 atom stereocenters. The van der Waals surface area contributed by atoms with Crippen LogP contribution in [0.4, 0.5) is 0 Å². The third kappa shape index (κ3) is 4.67. The first-order chi connectivity index (χ1) is 6.64. The Morgan fingerprint density at radius 1 is 1.50 bits per heavy atom. The third-order valence-corrected chi connectivity index (χ3v) is 4.02. The summed E-state index contributed by atoms with van der Waals surface area (Å²) in [6, 6.07) is 0. The molecular weight excluding hydrogens is 194 g/mol. The molecule has 0 saturated carbocycles. The van der Waals surface area contributed by atoms with E-state index >= 15 is 0 Å². The SMILES string of the molecule is CSC(C)(C)CNCCC1CCCO1. The first kappa shape index (κ1) is 12.3. The molecule has 3 heteroatoms. The van der Waals surface area contributed by atoms with Crippen molar-refractivity contribution in [1.82, 2.24) is 5.32 Å². The average Bonchev–Trinajstić information content (AvgIpc) is 2.65. The normalized spacial score (nSPS) is 22.9. The lowest BCUT2D eigenvalue weighted by Gasteiger charge is -2.22. The van der Waals surface area contributed by atoms with Crippen LogP contribution in [0.5, 0.6) is 0 Å². The van der Waals surface area contributed by atoms with Crippen LogP contribution in [0.1, 0.15) is 33.1 Å². The molecule has 2 nitrogen and oxygen atoms in total. The summed E-state index contributed by atoms with van der Waals surface area (Å²) in [4.78, 5) is 0. The van der Waals surface area contributed by atoms with E-state index in [9.17, 15) is 0 Å². The lowest BCUT2D eigenvalue weighted by molar-refractivity contribution is 0.104. The van der Waals surface area contributed by atoms with Gasteiger partial charge in [-0.2, -0.15) is 11.8 Å². The zero-order valence-corrected chi connectivity index (χ0v) is 10.5. The standard InChI is InChI=1S/C11H23NOS/c1-11(2,14-3)9-12-7-6-10-5-4-8-13-10/h10,12H,4-9H2,1-3H3. The topological polar surface area (TPSA) is 21.3 Å². The maximum absolute atomic E-state index is 5.57. The van der Waals surface area contributed by atoms with Crippen molar-refractivity contribution in [2.45, 2.75) is 44.0 Å². The minimum absolute atomic E-state index is 0.358. The highest BCUT2D eigenvalue weighted by Crippen LogP contribution is 2.19. The molecule has 0 aromatic rings. The Labute approximate surface area is 92.2 Å². The molecule has 1 aliphatic heterocycles. The Balaban J connectivity index is 1.98. The molecule has 0 aliphatic carbocycles. The Hall–Kier alpha value is 0.270. The van der Waals surface area contributed by atoms with Gasteiger partial charge in [0, 0.05) is 17.9 Å². The zero-order chi connectivity index (χ0) is 10.4. The summed E-state index contributed by atoms with van der Waals surface area (Å²) in [7, 11) is 0. The van der Waals surface area contributed by atoms with E-state index in [4.69, 9.17) is 4.74 Å². The predicted molar refractivity (Wildman–Crippen MR) is 64.1 cm³/mol. The molecule has 0 amide bonds. The Kier molecular flexibility index (Phi) is 5.28. The first-order valence-corrected chi connectivity index (χ1v) is 6.74. The van der Waals surface area contributed by atoms with Crippen molar-refractivity contribution in [3.63, 3.8) is 0 Å². The quantitative estimate of drug-likeness (QED) is 0.690. The minimum Gasteiger partial charge on any atom is -0.378 e. The predicted octanol–water partition coefficient (Wildman–Crippen LogP) is 2.29. The van der Waals surface area contributed by atoms with Crippen LogP contribution >= 0.6 is 11.8 Å². The molecule has 1 N–H and O–H groups in total. The molecule has 14 heavy (non-hydrogen) atoms. The monoisotopic (exact) mass is 217 g/mol. The van der Waals surface area contributed by atoms with E-state index in [2.05, 4.69) is 25.4 Å². The summed E-state index contributed by atoms with van der Waals surface area (Å²) in [6.07, 6.45) is 6.38. The summed E-state index contributed by atoms with van der Waals surface area (Å²) in [6.45, 7) is 7.70. The van der Waals surface area contributed by atoms with E-state index < -0.39 is 0 Å². The molecule has 0 aromatic carbocycles. The van der Waals surface area contributed by atoms with Gasteiger partial charge in [0.2, 0.25) is 0 Å². The van der Waals surface area contributed by atoms with E-state index in [0.29, 0.717) is 10.9 Å². The fourth-order valence-corrected chi connectivity index (χ4v) is 1.84. The van der Waals surface area contributed by atoms with E-state index in [1.54, 1.807) is 0 Å². The van der Waals surface area contributed by atoms with E-state index in [1.165, 1.54) is 19.3 Å². The van der Waals surface area contributed by atoms with Gasteiger partial charge in [-0.25, -0.2) is 0 Å². The van der Waals surface area contributed by atoms with Gasteiger partial charge in [0.25, 0.3) is 0 Å². The van der Waals surface area contributed by atoms with Crippen molar-refractivity contribution in [3.8, 4) is 0 Å². The van der Waals surface area contributed by atoms with E-state index in [0.717, 1.165) is 19.7 Å². The average molecular weight is 217 g/mol. The highest BCUT2D eigenvalue weighted by atomic mass is 32.2. The van der Waals surface area contributed by atoms with Crippen LogP contribution in [-0.2, 0) is 4.74 Å². The third-order valence-electron chi connectivity index (χ3n) is 2.77. The van der Waals surface area contributed by atoms with Gasteiger partial charge in [0.1, 0.15) is 0 Å². The van der Waals surface area contributed by atoms with Gasteiger partial charge in [-0.05, 0) is 45.9 Å². The Bertz CT molecular complexity index is 155. The van der Waals surface area contributed by atoms with Gasteiger partial charge in [-0.3, -0.25) is 0 Å². The lowest BCUT2D eigenvalue weighted by atomic mass is 10.1. The summed E-state index contributed by atoms with van der Waals surface area (Å²) in [5.41, 5.74) is 0. The fourth-order valence-electron chi connectivity index (χ4n) is 1.60. The summed E-state index contributed by atoms with van der Waals surface area (Å²) in [5.74, 6) is 0. The molecular formula is C11H23NOS. The number of nitrogens with one attached hydrogen (secondary N) is 1. The first-order valence-electron chi connectivity index (χ1n) is 5.51. The molecule has 0 spiro atoms. The van der Waals surface area contributed by atoms with Gasteiger partial charge in [0.15, 0.2) is 0 Å². The van der Waals surface area contributed by atoms with Crippen molar-refractivity contribution < 1.29 is 4.74 Å². The van der Waals surface area contributed by atoms with Gasteiger partial charge in [-0.15, -0.1) is 0 Å². The number of hydrogen-bond acceptors (Lipinski definition) is 3. The summed E-state index contributed by atoms with van der Waals surface area (Å²) >= 11 is 1.92. The van der Waals surface area contributed by atoms with Crippen LogP contribution in [0.25, 0.3) is 0 Å². The van der Waals surface area contributed by atoms with Crippen LogP contribution in [-0.4, -0.2) is 36.8 Å². The van der Waals surface area contributed by atoms with E-state index in [-0.39, 0.29) is 0 Å². The molecule has 1 fully saturated rings. The summed E-state index contributed by atoms with van der Waals surface area (Å²) in [5, 5.41) is 3.50. The molecule has 1 rings (SSSR count). The van der Waals surface area contributed by atoms with Gasteiger partial charge >= 0.3 is 0 Å². The van der Waals surface area contributed by atoms with Crippen molar-refractivity contribution in [2.24, 2.45) is 0 Å². The van der Waals surface area contributed by atoms with Crippen molar-refractivity contribution in [1.29, 1.82) is 0 Å². The van der Waals surface area contributed by atoms with Crippen LogP contribution in [0.2, 0.25) is 0 Å². The maximum Gasteiger partial charge on any atom is 0.0588 e. The number of ether oxygens (including phenoxy) is 1. The second-order valence-corrected chi connectivity index (χ2v) is 6.08. The Morgan fingerprint density at radius 2 is 2.29 bits per heavy atom. The molecule has 0 aromatic heterocycles. The lowest BCUT2D eigenvalue weighted by Crippen LogP contribution is -2.33. The van der Waals surface area contributed by atoms with Gasteiger partial charge < -0.3 is 10.1 Å². The smallest absolute Gasteiger partial charge is 0.0588 e. The van der Waals surface area contributed by atoms with E-state index in [1.807, 2.05) is 11.8 Å². The number of rotatable bonds is 6. The van der Waals surface area contributed by atoms with Gasteiger partial charge in [-0.1, -0.05) is 0 Å². The minimum atomic E-state index is 0.358. The molecule has 1 heterocycles. The highest BCUT2D eigenvalue weighted by molar-refractivity contribution is 7.99. The number of hydrogen-bond donors (Lipinski definition) is 1. The fraction of sp³-hybridized carbons (Fsp3) is 1.00. The van der Waals surface area contributed by atoms with Crippen molar-refractivity contribution in [3.05, 3.63) is 0 Å². The molecule has 1 aliphatic rings. The van der Waals surface area contributed by atoms with Crippen molar-refractivity contribution in [2.75, 3.05) is 26.0 Å². The largest absolute Gasteiger partial charge is 0.378 e. The Morgan fingerprint density at radius 3 is 2.86 bits per heavy atom. The summed E-state index contributed by atoms with van der Waals surface area (Å²) < 4.78 is 5.92. The zero-order valence-electron chi connectivity index (χ0n) is 9.64. The van der Waals surface area contributed by atoms with Crippen LogP contribution in [0.3, 0.4) is 0 Å². The molecule has 1 unspecified atom stereocenters. The van der Waals surface area contributed by atoms with Crippen LogP contribution in [0.15, 0.2) is 0 Å². The second-order valence-electron chi connectivity index (χ2n) is 4.56. The number of thioether (sulfide) groups is 1. The molecule has 0 radical (unpaired) electrons. The molecule has 1 saturated heterocycles. The molecule has 0 bridgehead atoms. The highest BCUT2D eigenvalue weighted by Gasteiger charge is 2.17. The van der Waals surface area contributed by atoms with Gasteiger partial charge in [0.05, 0.1) is 6.10 Å². The van der Waals surface area contributed by atoms with Crippen LogP contribution in [0, 0.1) is 0 Å². The van der Waals surface area contributed by atoms with Crippen molar-refractivity contribution >= 4 is 11.8 Å². The maximum atomic E-state index is 5.57. The second kappa shape index (κ2) is 5.99.